The summed E-state index contributed by atoms with van der Waals surface area (Å²) in [6, 6.07) is 7.74. The molecule has 0 amide bonds. The highest BCUT2D eigenvalue weighted by atomic mass is 15.2. The fourth-order valence-corrected chi connectivity index (χ4v) is 1.37. The van der Waals surface area contributed by atoms with Crippen molar-refractivity contribution in [1.29, 1.82) is 0 Å². The number of anilines is 2. The number of benzene rings is 1. The quantitative estimate of drug-likeness (QED) is 0.683. The summed E-state index contributed by atoms with van der Waals surface area (Å²) in [4.78, 5) is 6.24. The lowest BCUT2D eigenvalue weighted by molar-refractivity contribution is 1.08. The lowest BCUT2D eigenvalue weighted by atomic mass is 10.2. The fourth-order valence-electron chi connectivity index (χ4n) is 1.37. The number of hydrogen-bond acceptors (Lipinski definition) is 3. The first-order chi connectivity index (χ1) is 6.75. The normalized spacial score (nSPS) is 15.5. The van der Waals surface area contributed by atoms with Crippen LogP contribution in [0.2, 0.25) is 0 Å². The maximum atomic E-state index is 5.62. The Morgan fingerprint density at radius 2 is 2.00 bits per heavy atom. The molecule has 1 aliphatic rings. The topological polar surface area (TPSA) is 41.6 Å². The molecule has 0 aromatic heterocycles. The van der Waals surface area contributed by atoms with E-state index in [0.717, 1.165) is 17.9 Å². The van der Waals surface area contributed by atoms with Gasteiger partial charge in [0, 0.05) is 17.6 Å². The standard InChI is InChI=1S/C11H13N3/c1-9-6-13-8-14(7-9)11-4-2-10(12)3-5-11/h2-5,7-8H,6,12H2,1H3. The third-order valence-corrected chi connectivity index (χ3v) is 2.10. The number of nitrogens with two attached hydrogens (primary N) is 1. The zero-order chi connectivity index (χ0) is 9.97. The SMILES string of the molecule is CC1=CN(c2ccc(N)cc2)C=NC1. The van der Waals surface area contributed by atoms with Crippen molar-refractivity contribution in [1.82, 2.24) is 0 Å². The van der Waals surface area contributed by atoms with Crippen LogP contribution in [0.5, 0.6) is 0 Å². The van der Waals surface area contributed by atoms with Crippen molar-refractivity contribution >= 4 is 17.7 Å². The summed E-state index contributed by atoms with van der Waals surface area (Å²) in [5.74, 6) is 0. The Morgan fingerprint density at radius 1 is 1.29 bits per heavy atom. The van der Waals surface area contributed by atoms with Gasteiger partial charge in [0.25, 0.3) is 0 Å². The van der Waals surface area contributed by atoms with Gasteiger partial charge in [-0.15, -0.1) is 0 Å². The van der Waals surface area contributed by atoms with Crippen molar-refractivity contribution in [3.05, 3.63) is 36.0 Å². The molecule has 0 fully saturated rings. The maximum absolute atomic E-state index is 5.62. The minimum absolute atomic E-state index is 0.781. The summed E-state index contributed by atoms with van der Waals surface area (Å²) in [6.45, 7) is 2.87. The van der Waals surface area contributed by atoms with Crippen LogP contribution in [-0.2, 0) is 0 Å². The van der Waals surface area contributed by atoms with Crippen LogP contribution in [0.3, 0.4) is 0 Å². The first kappa shape index (κ1) is 8.81. The molecule has 3 nitrogen and oxygen atoms in total. The van der Waals surface area contributed by atoms with Crippen molar-refractivity contribution in [3.63, 3.8) is 0 Å². The average molecular weight is 187 g/mol. The molecule has 2 N–H and O–H groups in total. The third kappa shape index (κ3) is 1.76. The molecule has 0 aliphatic carbocycles. The predicted octanol–water partition coefficient (Wildman–Crippen LogP) is 2.02. The average Bonchev–Trinajstić information content (AvgIpc) is 2.19. The first-order valence-corrected chi connectivity index (χ1v) is 4.57. The molecule has 2 rings (SSSR count). The molecule has 0 saturated carbocycles. The number of rotatable bonds is 1. The van der Waals surface area contributed by atoms with E-state index in [0.29, 0.717) is 0 Å². The highest BCUT2D eigenvalue weighted by Crippen LogP contribution is 2.17. The molecular weight excluding hydrogens is 174 g/mol. The van der Waals surface area contributed by atoms with Crippen LogP contribution in [-0.4, -0.2) is 12.9 Å². The summed E-state index contributed by atoms with van der Waals surface area (Å²) in [6.07, 6.45) is 3.91. The Hall–Kier alpha value is -1.77. The number of nitrogen functional groups attached to an aromatic ring is 1. The van der Waals surface area contributed by atoms with E-state index in [2.05, 4.69) is 18.1 Å². The lowest BCUT2D eigenvalue weighted by Gasteiger charge is -2.19. The summed E-state index contributed by atoms with van der Waals surface area (Å²) in [5.41, 5.74) is 8.74. The number of nitrogens with zero attached hydrogens (tertiary/aromatic N) is 2. The highest BCUT2D eigenvalue weighted by Gasteiger charge is 2.04. The van der Waals surface area contributed by atoms with Crippen molar-refractivity contribution in [2.45, 2.75) is 6.92 Å². The number of aliphatic imine (C=N–C) groups is 1. The molecule has 1 heterocycles. The molecule has 1 aromatic rings. The van der Waals surface area contributed by atoms with Crippen LogP contribution in [0.4, 0.5) is 11.4 Å². The monoisotopic (exact) mass is 187 g/mol. The smallest absolute Gasteiger partial charge is 0.0939 e. The van der Waals surface area contributed by atoms with Crippen LogP contribution in [0.1, 0.15) is 6.92 Å². The molecule has 0 atom stereocenters. The molecule has 0 unspecified atom stereocenters. The van der Waals surface area contributed by atoms with Gasteiger partial charge in [0.05, 0.1) is 12.9 Å². The second-order valence-electron chi connectivity index (χ2n) is 3.43. The largest absolute Gasteiger partial charge is 0.399 e. The highest BCUT2D eigenvalue weighted by molar-refractivity contribution is 5.83. The van der Waals surface area contributed by atoms with Crippen LogP contribution in [0.15, 0.2) is 41.0 Å². The Balaban J connectivity index is 2.27. The van der Waals surface area contributed by atoms with Gasteiger partial charge in [0.15, 0.2) is 0 Å². The van der Waals surface area contributed by atoms with Gasteiger partial charge in [-0.3, -0.25) is 4.99 Å². The molecule has 14 heavy (non-hydrogen) atoms. The van der Waals surface area contributed by atoms with Crippen LogP contribution in [0, 0.1) is 0 Å². The van der Waals surface area contributed by atoms with E-state index in [9.17, 15) is 0 Å². The zero-order valence-corrected chi connectivity index (χ0v) is 8.14. The van der Waals surface area contributed by atoms with Gasteiger partial charge in [0.1, 0.15) is 0 Å². The minimum atomic E-state index is 0.781. The minimum Gasteiger partial charge on any atom is -0.399 e. The van der Waals surface area contributed by atoms with E-state index in [1.54, 1.807) is 0 Å². The molecule has 0 radical (unpaired) electrons. The molecule has 0 saturated heterocycles. The Morgan fingerprint density at radius 3 is 2.64 bits per heavy atom. The van der Waals surface area contributed by atoms with Gasteiger partial charge < -0.3 is 10.6 Å². The van der Waals surface area contributed by atoms with Crippen molar-refractivity contribution < 1.29 is 0 Å². The van der Waals surface area contributed by atoms with Crippen LogP contribution >= 0.6 is 0 Å². The number of hydrogen-bond donors (Lipinski definition) is 1. The third-order valence-electron chi connectivity index (χ3n) is 2.10. The Kier molecular flexibility index (Phi) is 2.23. The van der Waals surface area contributed by atoms with Gasteiger partial charge in [-0.05, 0) is 36.8 Å². The predicted molar refractivity (Wildman–Crippen MR) is 60.4 cm³/mol. The summed E-state index contributed by atoms with van der Waals surface area (Å²) in [7, 11) is 0. The van der Waals surface area contributed by atoms with E-state index in [-0.39, 0.29) is 0 Å². The summed E-state index contributed by atoms with van der Waals surface area (Å²) >= 11 is 0. The Bertz CT molecular complexity index is 376. The van der Waals surface area contributed by atoms with Crippen molar-refractivity contribution in [2.75, 3.05) is 17.2 Å². The van der Waals surface area contributed by atoms with Gasteiger partial charge >= 0.3 is 0 Å². The summed E-state index contributed by atoms with van der Waals surface area (Å²) < 4.78 is 0. The maximum Gasteiger partial charge on any atom is 0.0939 e. The molecule has 0 spiro atoms. The van der Waals surface area contributed by atoms with Crippen molar-refractivity contribution in [3.8, 4) is 0 Å². The summed E-state index contributed by atoms with van der Waals surface area (Å²) in [5, 5.41) is 0. The molecule has 1 aliphatic heterocycles. The van der Waals surface area contributed by atoms with Crippen LogP contribution < -0.4 is 10.6 Å². The van der Waals surface area contributed by atoms with E-state index in [1.165, 1.54) is 5.57 Å². The second-order valence-corrected chi connectivity index (χ2v) is 3.43. The second kappa shape index (κ2) is 3.54. The lowest BCUT2D eigenvalue weighted by Crippen LogP contribution is -2.18. The van der Waals surface area contributed by atoms with E-state index in [1.807, 2.05) is 35.5 Å². The molecule has 72 valence electrons. The molecule has 3 heteroatoms. The van der Waals surface area contributed by atoms with E-state index >= 15 is 0 Å². The van der Waals surface area contributed by atoms with Gasteiger partial charge in [-0.1, -0.05) is 0 Å². The molecular formula is C11H13N3. The van der Waals surface area contributed by atoms with Gasteiger partial charge in [-0.2, -0.15) is 0 Å². The van der Waals surface area contributed by atoms with Gasteiger partial charge in [0.2, 0.25) is 0 Å². The van der Waals surface area contributed by atoms with Gasteiger partial charge in [-0.25, -0.2) is 0 Å². The van der Waals surface area contributed by atoms with E-state index in [4.69, 9.17) is 5.73 Å². The van der Waals surface area contributed by atoms with Crippen molar-refractivity contribution in [2.24, 2.45) is 4.99 Å². The first-order valence-electron chi connectivity index (χ1n) is 4.57. The fraction of sp³-hybridized carbons (Fsp3) is 0.182. The Labute approximate surface area is 83.6 Å². The molecule has 0 bridgehead atoms. The zero-order valence-electron chi connectivity index (χ0n) is 8.14. The van der Waals surface area contributed by atoms with E-state index < -0.39 is 0 Å². The van der Waals surface area contributed by atoms with Crippen LogP contribution in [0.25, 0.3) is 0 Å². The molecule has 1 aromatic carbocycles.